The highest BCUT2D eigenvalue weighted by atomic mass is 32.2. The van der Waals surface area contributed by atoms with Crippen LogP contribution in [0.3, 0.4) is 0 Å². The number of rotatable bonds is 5. The number of nitrogens with one attached hydrogen (secondary N) is 1. The lowest BCUT2D eigenvalue weighted by Crippen LogP contribution is -2.13. The van der Waals surface area contributed by atoms with E-state index in [0.717, 1.165) is 17.5 Å². The van der Waals surface area contributed by atoms with E-state index >= 15 is 0 Å². The van der Waals surface area contributed by atoms with Crippen molar-refractivity contribution in [2.45, 2.75) is 50.2 Å². The van der Waals surface area contributed by atoms with Gasteiger partial charge >= 0.3 is 0 Å². The Morgan fingerprint density at radius 2 is 2.56 bits per heavy atom. The third kappa shape index (κ3) is 3.22. The molecule has 0 spiro atoms. The third-order valence-electron chi connectivity index (χ3n) is 3.05. The number of hydrogen-bond donors (Lipinski definition) is 1. The van der Waals surface area contributed by atoms with E-state index in [0.29, 0.717) is 6.04 Å². The Balaban J connectivity index is 1.86. The van der Waals surface area contributed by atoms with Crippen LogP contribution in [-0.2, 0) is 5.75 Å². The van der Waals surface area contributed by atoms with Crippen molar-refractivity contribution in [2.75, 3.05) is 6.54 Å². The summed E-state index contributed by atoms with van der Waals surface area (Å²) in [6.45, 7) is 5.68. The van der Waals surface area contributed by atoms with Gasteiger partial charge in [0, 0.05) is 16.4 Å². The molecule has 4 heteroatoms. The lowest BCUT2D eigenvalue weighted by molar-refractivity contribution is 0.630. The highest BCUT2D eigenvalue weighted by Crippen LogP contribution is 2.27. The van der Waals surface area contributed by atoms with Crippen LogP contribution in [0.4, 0.5) is 0 Å². The molecule has 1 N–H and O–H groups in total. The molecule has 0 aliphatic carbocycles. The molecule has 90 valence electrons. The second-order valence-electron chi connectivity index (χ2n) is 4.34. The van der Waals surface area contributed by atoms with Crippen molar-refractivity contribution in [1.29, 1.82) is 0 Å². The Morgan fingerprint density at radius 1 is 1.69 bits per heavy atom. The maximum atomic E-state index is 4.73. The fraction of sp³-hybridized carbons (Fsp3) is 0.750. The maximum absolute atomic E-state index is 4.73. The normalized spacial score (nSPS) is 22.5. The summed E-state index contributed by atoms with van der Waals surface area (Å²) in [7, 11) is 0. The Kier molecular flexibility index (Phi) is 4.67. The molecule has 0 saturated carbocycles. The highest BCUT2D eigenvalue weighted by Gasteiger charge is 2.18. The minimum Gasteiger partial charge on any atom is -0.309 e. The van der Waals surface area contributed by atoms with Crippen LogP contribution in [0, 0.1) is 0 Å². The van der Waals surface area contributed by atoms with Gasteiger partial charge in [0.15, 0.2) is 0 Å². The Hall–Kier alpha value is -0.0600. The van der Waals surface area contributed by atoms with Crippen molar-refractivity contribution in [3.05, 3.63) is 16.1 Å². The number of hydrogen-bond acceptors (Lipinski definition) is 4. The zero-order chi connectivity index (χ0) is 11.4. The van der Waals surface area contributed by atoms with Gasteiger partial charge in [-0.05, 0) is 25.8 Å². The highest BCUT2D eigenvalue weighted by molar-refractivity contribution is 7.99. The summed E-state index contributed by atoms with van der Waals surface area (Å²) in [4.78, 5) is 4.73. The van der Waals surface area contributed by atoms with E-state index in [1.807, 2.05) is 23.1 Å². The van der Waals surface area contributed by atoms with E-state index in [-0.39, 0.29) is 0 Å². The topological polar surface area (TPSA) is 24.9 Å². The minimum atomic E-state index is 0.526. The van der Waals surface area contributed by atoms with Crippen molar-refractivity contribution in [3.63, 3.8) is 0 Å². The summed E-state index contributed by atoms with van der Waals surface area (Å²) in [5, 5.41) is 7.76. The van der Waals surface area contributed by atoms with Gasteiger partial charge in [0.1, 0.15) is 5.01 Å². The van der Waals surface area contributed by atoms with Crippen molar-refractivity contribution in [2.24, 2.45) is 0 Å². The Labute approximate surface area is 106 Å². The van der Waals surface area contributed by atoms with Gasteiger partial charge < -0.3 is 5.32 Å². The van der Waals surface area contributed by atoms with Gasteiger partial charge in [-0.15, -0.1) is 11.3 Å². The number of aromatic nitrogens is 1. The fourth-order valence-electron chi connectivity index (χ4n) is 1.82. The molecule has 0 amide bonds. The van der Waals surface area contributed by atoms with Crippen LogP contribution in [0.1, 0.15) is 49.9 Å². The molecule has 1 fully saturated rings. The van der Waals surface area contributed by atoms with Crippen LogP contribution in [0.2, 0.25) is 0 Å². The van der Waals surface area contributed by atoms with Crippen LogP contribution >= 0.6 is 23.1 Å². The lowest BCUT2D eigenvalue weighted by Gasteiger charge is -2.06. The molecule has 0 radical (unpaired) electrons. The number of nitrogens with zero attached hydrogens (tertiary/aromatic N) is 1. The second kappa shape index (κ2) is 6.03. The van der Waals surface area contributed by atoms with Crippen molar-refractivity contribution < 1.29 is 0 Å². The molecule has 2 heterocycles. The van der Waals surface area contributed by atoms with E-state index in [4.69, 9.17) is 4.98 Å². The predicted molar refractivity (Wildman–Crippen MR) is 73.1 cm³/mol. The molecule has 2 atom stereocenters. The molecule has 2 rings (SSSR count). The van der Waals surface area contributed by atoms with E-state index in [2.05, 4.69) is 24.5 Å². The van der Waals surface area contributed by atoms with Gasteiger partial charge in [-0.25, -0.2) is 4.98 Å². The van der Waals surface area contributed by atoms with Crippen molar-refractivity contribution in [1.82, 2.24) is 10.3 Å². The molecule has 1 saturated heterocycles. The predicted octanol–water partition coefficient (Wildman–Crippen LogP) is 3.60. The Bertz CT molecular complexity index is 319. The van der Waals surface area contributed by atoms with E-state index in [9.17, 15) is 0 Å². The first kappa shape index (κ1) is 12.4. The molecular formula is C12H20N2S2. The molecule has 1 aliphatic rings. The molecule has 1 aliphatic heterocycles. The first-order chi connectivity index (χ1) is 7.79. The van der Waals surface area contributed by atoms with E-state index in [1.54, 1.807) is 0 Å². The fourth-order valence-corrected chi connectivity index (χ4v) is 3.66. The minimum absolute atomic E-state index is 0.526. The zero-order valence-corrected chi connectivity index (χ0v) is 11.7. The summed E-state index contributed by atoms with van der Waals surface area (Å²) >= 11 is 3.83. The van der Waals surface area contributed by atoms with Gasteiger partial charge in [0.05, 0.1) is 11.7 Å². The van der Waals surface area contributed by atoms with Gasteiger partial charge in [-0.1, -0.05) is 13.8 Å². The van der Waals surface area contributed by atoms with Gasteiger partial charge in [-0.3, -0.25) is 0 Å². The first-order valence-electron chi connectivity index (χ1n) is 6.09. The largest absolute Gasteiger partial charge is 0.309 e. The first-order valence-corrected chi connectivity index (χ1v) is 8.01. The maximum Gasteiger partial charge on any atom is 0.103 e. The number of thioether (sulfide) groups is 1. The van der Waals surface area contributed by atoms with E-state index < -0.39 is 0 Å². The summed E-state index contributed by atoms with van der Waals surface area (Å²) in [5.74, 6) is 1.08. The molecule has 0 bridgehead atoms. The smallest absolute Gasteiger partial charge is 0.103 e. The quantitative estimate of drug-likeness (QED) is 0.871. The van der Waals surface area contributed by atoms with Crippen LogP contribution in [0.15, 0.2) is 5.38 Å². The second-order valence-corrected chi connectivity index (χ2v) is 6.71. The van der Waals surface area contributed by atoms with Gasteiger partial charge in [0.2, 0.25) is 0 Å². The molecule has 0 aromatic carbocycles. The van der Waals surface area contributed by atoms with Crippen molar-refractivity contribution >= 4 is 23.1 Å². The summed E-state index contributed by atoms with van der Waals surface area (Å²) < 4.78 is 0. The average molecular weight is 256 g/mol. The Morgan fingerprint density at radius 3 is 3.25 bits per heavy atom. The standard InChI is InChI=1S/C12H20N2S2/c1-3-9(2)15-8-12-14-11(7-16-12)10-5-4-6-13-10/h7,9-10,13H,3-6,8H2,1-2H3. The SMILES string of the molecule is CCC(C)SCc1nc(C2CCCN2)cs1. The summed E-state index contributed by atoms with van der Waals surface area (Å²) in [5.41, 5.74) is 1.27. The van der Waals surface area contributed by atoms with Gasteiger partial charge in [-0.2, -0.15) is 11.8 Å². The van der Waals surface area contributed by atoms with Gasteiger partial charge in [0.25, 0.3) is 0 Å². The molecular weight excluding hydrogens is 236 g/mol. The summed E-state index contributed by atoms with van der Waals surface area (Å²) in [6.07, 6.45) is 3.79. The molecule has 2 nitrogen and oxygen atoms in total. The molecule has 1 aromatic heterocycles. The zero-order valence-electron chi connectivity index (χ0n) is 10.0. The molecule has 1 aromatic rings. The van der Waals surface area contributed by atoms with Crippen LogP contribution < -0.4 is 5.32 Å². The monoisotopic (exact) mass is 256 g/mol. The van der Waals surface area contributed by atoms with E-state index in [1.165, 1.54) is 30.0 Å². The van der Waals surface area contributed by atoms with Crippen molar-refractivity contribution in [3.8, 4) is 0 Å². The average Bonchev–Trinajstić information content (AvgIpc) is 2.95. The lowest BCUT2D eigenvalue weighted by atomic mass is 10.2. The summed E-state index contributed by atoms with van der Waals surface area (Å²) in [6, 6.07) is 0.526. The number of thiazole rings is 1. The van der Waals surface area contributed by atoms with Crippen LogP contribution in [-0.4, -0.2) is 16.8 Å². The third-order valence-corrected chi connectivity index (χ3v) is 5.45. The van der Waals surface area contributed by atoms with Crippen LogP contribution in [0.25, 0.3) is 0 Å². The van der Waals surface area contributed by atoms with Crippen LogP contribution in [0.5, 0.6) is 0 Å². The molecule has 16 heavy (non-hydrogen) atoms. The molecule has 2 unspecified atom stereocenters.